The molecule has 2 aromatic carbocycles. The van der Waals surface area contributed by atoms with Crippen LogP contribution >= 0.6 is 15.9 Å². The molecule has 0 aliphatic rings. The summed E-state index contributed by atoms with van der Waals surface area (Å²) in [5.74, 6) is -0.760. The molecule has 0 atom stereocenters. The van der Waals surface area contributed by atoms with E-state index in [0.29, 0.717) is 16.5 Å². The zero-order valence-electron chi connectivity index (χ0n) is 13.2. The van der Waals surface area contributed by atoms with Gasteiger partial charge in [0.15, 0.2) is 0 Å². The molecule has 0 radical (unpaired) electrons. The van der Waals surface area contributed by atoms with Gasteiger partial charge in [0.2, 0.25) is 10.0 Å². The minimum atomic E-state index is -3.98. The number of hydrogen-bond donors (Lipinski definition) is 1. The summed E-state index contributed by atoms with van der Waals surface area (Å²) >= 11 is 3.36. The van der Waals surface area contributed by atoms with Crippen LogP contribution in [0.4, 0.5) is 4.39 Å². The average molecular weight is 400 g/mol. The molecule has 0 aromatic heterocycles. The van der Waals surface area contributed by atoms with Crippen LogP contribution in [0.2, 0.25) is 0 Å². The Kier molecular flexibility index (Phi) is 5.28. The zero-order valence-corrected chi connectivity index (χ0v) is 15.6. The Balaban J connectivity index is 2.60. The largest absolute Gasteiger partial charge is 0.244 e. The highest BCUT2D eigenvalue weighted by Gasteiger charge is 2.28. The van der Waals surface area contributed by atoms with Crippen molar-refractivity contribution in [2.75, 3.05) is 0 Å². The predicted molar refractivity (Wildman–Crippen MR) is 94.5 cm³/mol. The maximum Gasteiger partial charge on any atom is 0.244 e. The zero-order chi connectivity index (χ0) is 17.3. The summed E-state index contributed by atoms with van der Waals surface area (Å²) in [7, 11) is -3.98. The lowest BCUT2D eigenvalue weighted by Crippen LogP contribution is -2.41. The summed E-state index contributed by atoms with van der Waals surface area (Å²) in [4.78, 5) is -0.318. The second kappa shape index (κ2) is 6.71. The van der Waals surface area contributed by atoms with E-state index in [4.69, 9.17) is 0 Å². The second-order valence-electron chi connectivity index (χ2n) is 6.30. The fourth-order valence-corrected chi connectivity index (χ4v) is 4.32. The lowest BCUT2D eigenvalue weighted by molar-refractivity contribution is 0.486. The van der Waals surface area contributed by atoms with Crippen molar-refractivity contribution >= 4 is 26.0 Å². The van der Waals surface area contributed by atoms with Crippen LogP contribution in [-0.4, -0.2) is 14.0 Å². The Morgan fingerprint density at radius 1 is 1.09 bits per heavy atom. The summed E-state index contributed by atoms with van der Waals surface area (Å²) in [6.07, 6.45) is 0. The van der Waals surface area contributed by atoms with E-state index in [-0.39, 0.29) is 4.90 Å². The van der Waals surface area contributed by atoms with E-state index in [2.05, 4.69) is 20.7 Å². The topological polar surface area (TPSA) is 46.2 Å². The number of benzene rings is 2. The van der Waals surface area contributed by atoms with Gasteiger partial charge >= 0.3 is 0 Å². The van der Waals surface area contributed by atoms with Gasteiger partial charge in [-0.15, -0.1) is 0 Å². The summed E-state index contributed by atoms with van der Waals surface area (Å²) < 4.78 is 42.1. The minimum absolute atomic E-state index is 0.318. The van der Waals surface area contributed by atoms with Crippen LogP contribution in [-0.2, 0) is 15.4 Å². The summed E-state index contributed by atoms with van der Waals surface area (Å²) in [5.41, 5.74) is 1.37. The first kappa shape index (κ1) is 18.1. The number of alkyl halides is 1. The molecule has 0 aliphatic heterocycles. The molecule has 0 saturated carbocycles. The highest BCUT2D eigenvalue weighted by Crippen LogP contribution is 2.30. The maximum absolute atomic E-state index is 14.3. The number of nitrogens with one attached hydrogen (secondary N) is 1. The standard InChI is InChI=1S/C17H19BrFNO2S/c1-17(2,3)20-23(21,22)16-14(5-4-6-15(16)19)13-9-7-12(11-18)8-10-13/h4-10,20H,11H2,1-3H3. The molecule has 0 heterocycles. The van der Waals surface area contributed by atoms with E-state index in [1.165, 1.54) is 6.07 Å². The third kappa shape index (κ3) is 4.40. The molecule has 6 heteroatoms. The Labute approximate surface area is 145 Å². The van der Waals surface area contributed by atoms with Gasteiger partial charge in [0.25, 0.3) is 0 Å². The highest BCUT2D eigenvalue weighted by molar-refractivity contribution is 9.08. The van der Waals surface area contributed by atoms with Crippen molar-refractivity contribution in [2.24, 2.45) is 0 Å². The number of hydrogen-bond acceptors (Lipinski definition) is 2. The lowest BCUT2D eigenvalue weighted by atomic mass is 10.0. The number of halogens is 2. The summed E-state index contributed by atoms with van der Waals surface area (Å²) in [5, 5.41) is 0.702. The van der Waals surface area contributed by atoms with E-state index >= 15 is 0 Å². The molecule has 124 valence electrons. The first-order chi connectivity index (χ1) is 10.6. The van der Waals surface area contributed by atoms with Crippen molar-refractivity contribution in [3.8, 4) is 11.1 Å². The van der Waals surface area contributed by atoms with Crippen LogP contribution in [0.1, 0.15) is 26.3 Å². The van der Waals surface area contributed by atoms with Crippen molar-refractivity contribution in [3.63, 3.8) is 0 Å². The van der Waals surface area contributed by atoms with E-state index in [1.54, 1.807) is 39.0 Å². The van der Waals surface area contributed by atoms with Crippen molar-refractivity contribution in [2.45, 2.75) is 36.5 Å². The molecule has 0 bridgehead atoms. The Morgan fingerprint density at radius 2 is 1.70 bits per heavy atom. The van der Waals surface area contributed by atoms with Crippen LogP contribution < -0.4 is 4.72 Å². The molecule has 2 aromatic rings. The van der Waals surface area contributed by atoms with Crippen molar-refractivity contribution in [1.82, 2.24) is 4.72 Å². The molecule has 0 spiro atoms. The molecule has 3 nitrogen and oxygen atoms in total. The van der Waals surface area contributed by atoms with Gasteiger partial charge in [-0.25, -0.2) is 17.5 Å². The smallest absolute Gasteiger partial charge is 0.207 e. The molecule has 0 fully saturated rings. The van der Waals surface area contributed by atoms with Crippen LogP contribution in [0.25, 0.3) is 11.1 Å². The monoisotopic (exact) mass is 399 g/mol. The molecular weight excluding hydrogens is 381 g/mol. The third-order valence-electron chi connectivity index (χ3n) is 3.10. The molecule has 1 N–H and O–H groups in total. The van der Waals surface area contributed by atoms with Crippen molar-refractivity contribution < 1.29 is 12.8 Å². The van der Waals surface area contributed by atoms with Gasteiger partial charge in [-0.2, -0.15) is 0 Å². The number of sulfonamides is 1. The normalized spacial score (nSPS) is 12.4. The quantitative estimate of drug-likeness (QED) is 0.771. The number of rotatable bonds is 4. The summed E-state index contributed by atoms with van der Waals surface area (Å²) in [6, 6.07) is 11.6. The second-order valence-corrected chi connectivity index (χ2v) is 8.48. The molecule has 0 saturated heterocycles. The third-order valence-corrected chi connectivity index (χ3v) is 5.58. The van der Waals surface area contributed by atoms with Gasteiger partial charge in [0.05, 0.1) is 0 Å². The van der Waals surface area contributed by atoms with Crippen LogP contribution in [0.3, 0.4) is 0 Å². The van der Waals surface area contributed by atoms with Crippen LogP contribution in [0.15, 0.2) is 47.4 Å². The first-order valence-corrected chi connectivity index (χ1v) is 9.72. The SMILES string of the molecule is CC(C)(C)NS(=O)(=O)c1c(F)cccc1-c1ccc(CBr)cc1. The average Bonchev–Trinajstić information content (AvgIpc) is 2.44. The van der Waals surface area contributed by atoms with E-state index < -0.39 is 21.4 Å². The minimum Gasteiger partial charge on any atom is -0.207 e. The van der Waals surface area contributed by atoms with Gasteiger partial charge in [-0.1, -0.05) is 52.3 Å². The molecular formula is C17H19BrFNO2S. The molecule has 0 amide bonds. The fraction of sp³-hybridized carbons (Fsp3) is 0.294. The van der Waals surface area contributed by atoms with Crippen LogP contribution in [0.5, 0.6) is 0 Å². The first-order valence-electron chi connectivity index (χ1n) is 7.12. The maximum atomic E-state index is 14.3. The molecule has 0 aliphatic carbocycles. The van der Waals surface area contributed by atoms with Crippen molar-refractivity contribution in [3.05, 3.63) is 53.8 Å². The van der Waals surface area contributed by atoms with E-state index in [0.717, 1.165) is 11.6 Å². The Bertz CT molecular complexity index is 796. The molecule has 23 heavy (non-hydrogen) atoms. The highest BCUT2D eigenvalue weighted by atomic mass is 79.9. The Hall–Kier alpha value is -1.24. The van der Waals surface area contributed by atoms with Gasteiger partial charge < -0.3 is 0 Å². The summed E-state index contributed by atoms with van der Waals surface area (Å²) in [6.45, 7) is 5.15. The van der Waals surface area contributed by atoms with Gasteiger partial charge in [0.1, 0.15) is 10.7 Å². The predicted octanol–water partition coefficient (Wildman–Crippen LogP) is 4.46. The van der Waals surface area contributed by atoms with Gasteiger partial charge in [-0.05, 0) is 38.0 Å². The lowest BCUT2D eigenvalue weighted by Gasteiger charge is -2.22. The van der Waals surface area contributed by atoms with E-state index in [1.807, 2.05) is 12.1 Å². The fourth-order valence-electron chi connectivity index (χ4n) is 2.24. The van der Waals surface area contributed by atoms with Crippen molar-refractivity contribution in [1.29, 1.82) is 0 Å². The van der Waals surface area contributed by atoms with Gasteiger partial charge in [-0.3, -0.25) is 0 Å². The Morgan fingerprint density at radius 3 is 2.22 bits per heavy atom. The van der Waals surface area contributed by atoms with E-state index in [9.17, 15) is 12.8 Å². The molecule has 2 rings (SSSR count). The molecule has 0 unspecified atom stereocenters. The van der Waals surface area contributed by atoms with Gasteiger partial charge in [0, 0.05) is 16.4 Å². The van der Waals surface area contributed by atoms with Crippen LogP contribution in [0, 0.1) is 5.82 Å².